The minimum atomic E-state index is -0.536. The number of aliphatic imine (C=N–C) groups is 1. The van der Waals surface area contributed by atoms with Gasteiger partial charge in [-0.1, -0.05) is 0 Å². The second kappa shape index (κ2) is 5.62. The topological polar surface area (TPSA) is 89.6 Å². The second-order valence-electron chi connectivity index (χ2n) is 4.55. The molecule has 0 atom stereocenters. The molecule has 0 saturated carbocycles. The average molecular weight is 284 g/mol. The molecule has 0 bridgehead atoms. The molecule has 6 nitrogen and oxygen atoms in total. The normalized spacial score (nSPS) is 16.5. The largest absolute Gasteiger partial charge is 0.290 e. The Hall–Kier alpha value is -2.89. The number of amides is 1. The molecule has 1 aliphatic rings. The first-order chi connectivity index (χ1) is 9.90. The number of hydrogen-bond acceptors (Lipinski definition) is 4. The van der Waals surface area contributed by atoms with E-state index in [1.165, 1.54) is 36.4 Å². The van der Waals surface area contributed by atoms with E-state index < -0.39 is 10.8 Å². The van der Waals surface area contributed by atoms with Gasteiger partial charge in [0.15, 0.2) is 5.78 Å². The minimum Gasteiger partial charge on any atom is -0.290 e. The van der Waals surface area contributed by atoms with Gasteiger partial charge in [0, 0.05) is 23.3 Å². The van der Waals surface area contributed by atoms with Crippen molar-refractivity contribution < 1.29 is 14.5 Å². The number of ketones is 1. The Balaban J connectivity index is 2.29. The van der Waals surface area contributed by atoms with Crippen LogP contribution in [0.15, 0.2) is 52.6 Å². The zero-order valence-electron chi connectivity index (χ0n) is 11.5. The number of nitrogens with zero attached hydrogens (tertiary/aromatic N) is 2. The van der Waals surface area contributed by atoms with Crippen molar-refractivity contribution in [2.45, 2.75) is 13.8 Å². The van der Waals surface area contributed by atoms with Gasteiger partial charge in [0.2, 0.25) is 0 Å². The van der Waals surface area contributed by atoms with Crippen LogP contribution in [0.2, 0.25) is 0 Å². The quantitative estimate of drug-likeness (QED) is 0.474. The van der Waals surface area contributed by atoms with Crippen LogP contribution < -0.4 is 0 Å². The van der Waals surface area contributed by atoms with Crippen LogP contribution in [0.5, 0.6) is 0 Å². The molecular weight excluding hydrogens is 272 g/mol. The molecule has 2 rings (SSSR count). The van der Waals surface area contributed by atoms with Crippen LogP contribution >= 0.6 is 0 Å². The standard InChI is InChI=1S/C15H12N2O4/c1-9-10(2)14(18)8-7-13(9)16-15(19)11-3-5-12(6-4-11)17(20)21/h3-8H,1-2H3. The number of nitro benzene ring substituents is 1. The molecule has 0 heterocycles. The van der Waals surface area contributed by atoms with Crippen molar-refractivity contribution in [3.8, 4) is 0 Å². The predicted molar refractivity (Wildman–Crippen MR) is 77.4 cm³/mol. The molecule has 0 N–H and O–H groups in total. The molecule has 0 unspecified atom stereocenters. The summed E-state index contributed by atoms with van der Waals surface area (Å²) in [5.74, 6) is -0.611. The molecule has 1 aliphatic carbocycles. The van der Waals surface area contributed by atoms with E-state index in [1.807, 2.05) is 0 Å². The van der Waals surface area contributed by atoms with Gasteiger partial charge in [0.05, 0.1) is 10.6 Å². The number of allylic oxidation sites excluding steroid dienone is 4. The van der Waals surface area contributed by atoms with Gasteiger partial charge in [-0.3, -0.25) is 19.7 Å². The maximum Gasteiger partial charge on any atom is 0.277 e. The van der Waals surface area contributed by atoms with Gasteiger partial charge in [0.1, 0.15) is 0 Å². The smallest absolute Gasteiger partial charge is 0.277 e. The maximum atomic E-state index is 12.0. The van der Waals surface area contributed by atoms with Gasteiger partial charge < -0.3 is 0 Å². The van der Waals surface area contributed by atoms with E-state index in [1.54, 1.807) is 13.8 Å². The number of hydrogen-bond donors (Lipinski definition) is 0. The third-order valence-corrected chi connectivity index (χ3v) is 3.26. The van der Waals surface area contributed by atoms with Crippen molar-refractivity contribution in [3.63, 3.8) is 0 Å². The van der Waals surface area contributed by atoms with Gasteiger partial charge in [-0.05, 0) is 43.7 Å². The van der Waals surface area contributed by atoms with E-state index in [0.717, 1.165) is 0 Å². The highest BCUT2D eigenvalue weighted by Crippen LogP contribution is 2.16. The van der Waals surface area contributed by atoms with Gasteiger partial charge >= 0.3 is 0 Å². The van der Waals surface area contributed by atoms with Crippen molar-refractivity contribution >= 4 is 23.1 Å². The SMILES string of the molecule is CC1=C(C)C(=NC(=O)c2ccc([N+](=O)[O-])cc2)C=CC1=O. The van der Waals surface area contributed by atoms with Gasteiger partial charge in [0.25, 0.3) is 11.6 Å². The summed E-state index contributed by atoms with van der Waals surface area (Å²) >= 11 is 0. The fourth-order valence-electron chi connectivity index (χ4n) is 1.80. The first kappa shape index (κ1) is 14.5. The summed E-state index contributed by atoms with van der Waals surface area (Å²) in [6.07, 6.45) is 2.86. The predicted octanol–water partition coefficient (Wildman–Crippen LogP) is 2.65. The molecule has 0 spiro atoms. The van der Waals surface area contributed by atoms with E-state index >= 15 is 0 Å². The molecule has 1 aromatic rings. The highest BCUT2D eigenvalue weighted by molar-refractivity contribution is 6.24. The average Bonchev–Trinajstić information content (AvgIpc) is 2.48. The van der Waals surface area contributed by atoms with Crippen LogP contribution in [0.25, 0.3) is 0 Å². The zero-order chi connectivity index (χ0) is 15.6. The number of non-ortho nitro benzene ring substituents is 1. The van der Waals surface area contributed by atoms with Crippen LogP contribution in [0.1, 0.15) is 24.2 Å². The Morgan fingerprint density at radius 3 is 2.29 bits per heavy atom. The van der Waals surface area contributed by atoms with Crippen molar-refractivity contribution in [1.29, 1.82) is 0 Å². The third kappa shape index (κ3) is 3.00. The van der Waals surface area contributed by atoms with Gasteiger partial charge in [-0.25, -0.2) is 4.99 Å². The Kier molecular flexibility index (Phi) is 3.89. The van der Waals surface area contributed by atoms with Gasteiger partial charge in [-0.15, -0.1) is 0 Å². The van der Waals surface area contributed by atoms with Gasteiger partial charge in [-0.2, -0.15) is 0 Å². The number of nitro groups is 1. The van der Waals surface area contributed by atoms with E-state index in [9.17, 15) is 19.7 Å². The Bertz CT molecular complexity index is 725. The zero-order valence-corrected chi connectivity index (χ0v) is 11.5. The molecule has 0 fully saturated rings. The summed E-state index contributed by atoms with van der Waals surface area (Å²) in [7, 11) is 0. The lowest BCUT2D eigenvalue weighted by molar-refractivity contribution is -0.384. The lowest BCUT2D eigenvalue weighted by Gasteiger charge is -2.10. The number of rotatable bonds is 2. The highest BCUT2D eigenvalue weighted by Gasteiger charge is 2.16. The summed E-state index contributed by atoms with van der Waals surface area (Å²) in [5, 5.41) is 10.6. The molecule has 1 amide bonds. The van der Waals surface area contributed by atoms with Crippen LogP contribution in [0.3, 0.4) is 0 Å². The van der Waals surface area contributed by atoms with Crippen LogP contribution in [-0.2, 0) is 4.79 Å². The lowest BCUT2D eigenvalue weighted by Crippen LogP contribution is -2.12. The molecule has 0 saturated heterocycles. The molecule has 106 valence electrons. The summed E-state index contributed by atoms with van der Waals surface area (Å²) < 4.78 is 0. The molecule has 21 heavy (non-hydrogen) atoms. The fourth-order valence-corrected chi connectivity index (χ4v) is 1.80. The van der Waals surface area contributed by atoms with E-state index in [0.29, 0.717) is 16.9 Å². The number of carbonyl (C=O) groups is 2. The van der Waals surface area contributed by atoms with Crippen molar-refractivity contribution in [2.24, 2.45) is 4.99 Å². The number of benzene rings is 1. The Labute approximate surface area is 120 Å². The Morgan fingerprint density at radius 2 is 1.71 bits per heavy atom. The highest BCUT2D eigenvalue weighted by atomic mass is 16.6. The van der Waals surface area contributed by atoms with E-state index in [2.05, 4.69) is 4.99 Å². The molecule has 6 heteroatoms. The Morgan fingerprint density at radius 1 is 1.10 bits per heavy atom. The molecule has 1 aromatic carbocycles. The van der Waals surface area contributed by atoms with Crippen molar-refractivity contribution in [2.75, 3.05) is 0 Å². The summed E-state index contributed by atoms with van der Waals surface area (Å²) in [4.78, 5) is 37.5. The van der Waals surface area contributed by atoms with E-state index in [-0.39, 0.29) is 17.0 Å². The molecule has 0 aromatic heterocycles. The summed E-state index contributed by atoms with van der Waals surface area (Å²) in [6.45, 7) is 3.39. The van der Waals surface area contributed by atoms with Crippen LogP contribution in [0, 0.1) is 10.1 Å². The van der Waals surface area contributed by atoms with Crippen molar-refractivity contribution in [3.05, 3.63) is 63.2 Å². The first-order valence-corrected chi connectivity index (χ1v) is 6.18. The first-order valence-electron chi connectivity index (χ1n) is 6.18. The lowest BCUT2D eigenvalue weighted by atomic mass is 9.97. The molecule has 0 aliphatic heterocycles. The third-order valence-electron chi connectivity index (χ3n) is 3.26. The second-order valence-corrected chi connectivity index (χ2v) is 4.55. The summed E-state index contributed by atoms with van der Waals surface area (Å²) in [5.41, 5.74) is 1.79. The molecule has 0 radical (unpaired) electrons. The minimum absolute atomic E-state index is 0.0886. The van der Waals surface area contributed by atoms with Crippen LogP contribution in [-0.4, -0.2) is 22.3 Å². The van der Waals surface area contributed by atoms with Crippen molar-refractivity contribution in [1.82, 2.24) is 0 Å². The molecular formula is C15H12N2O4. The maximum absolute atomic E-state index is 12.0. The van der Waals surface area contributed by atoms with E-state index in [4.69, 9.17) is 0 Å². The number of carbonyl (C=O) groups excluding carboxylic acids is 2. The summed E-state index contributed by atoms with van der Waals surface area (Å²) in [6, 6.07) is 5.21. The fraction of sp³-hybridized carbons (Fsp3) is 0.133. The monoisotopic (exact) mass is 284 g/mol. The van der Waals surface area contributed by atoms with Crippen LogP contribution in [0.4, 0.5) is 5.69 Å².